The summed E-state index contributed by atoms with van der Waals surface area (Å²) in [5.41, 5.74) is 2.36. The van der Waals surface area contributed by atoms with Crippen LogP contribution in [0.1, 0.15) is 11.4 Å². The van der Waals surface area contributed by atoms with Gasteiger partial charge in [-0.05, 0) is 38.1 Å². The fourth-order valence-corrected chi connectivity index (χ4v) is 1.72. The van der Waals surface area contributed by atoms with E-state index in [1.165, 1.54) is 11.4 Å². The zero-order valence-corrected chi connectivity index (χ0v) is 8.88. The molecule has 0 unspecified atom stereocenters. The highest BCUT2D eigenvalue weighted by Crippen LogP contribution is 2.13. The normalized spacial score (nSPS) is 15.7. The van der Waals surface area contributed by atoms with Gasteiger partial charge in [0.25, 0.3) is 0 Å². The van der Waals surface area contributed by atoms with E-state index in [-0.39, 0.29) is 5.92 Å². The fourth-order valence-electron chi connectivity index (χ4n) is 1.72. The first-order valence-electron chi connectivity index (χ1n) is 4.92. The van der Waals surface area contributed by atoms with Gasteiger partial charge in [0.2, 0.25) is 0 Å². The summed E-state index contributed by atoms with van der Waals surface area (Å²) < 4.78 is 2.10. The van der Waals surface area contributed by atoms with E-state index in [2.05, 4.69) is 36.7 Å². The molecule has 3 nitrogen and oxygen atoms in total. The lowest BCUT2D eigenvalue weighted by atomic mass is 10.1. The van der Waals surface area contributed by atoms with Crippen LogP contribution in [-0.4, -0.2) is 4.68 Å². The van der Waals surface area contributed by atoms with Crippen molar-refractivity contribution in [2.24, 2.45) is 5.92 Å². The molecule has 1 aliphatic rings. The standard InChI is InChI=1S/C12H13N3/c1-10-3-4-11(2)15(10)14-7-5-12(9-13)6-8-14/h3-8,12H,1-2H3. The van der Waals surface area contributed by atoms with Gasteiger partial charge in [-0.2, -0.15) is 5.26 Å². The summed E-state index contributed by atoms with van der Waals surface area (Å²) in [6, 6.07) is 6.34. The highest BCUT2D eigenvalue weighted by molar-refractivity contribution is 5.29. The van der Waals surface area contributed by atoms with E-state index in [0.29, 0.717) is 0 Å². The van der Waals surface area contributed by atoms with Crippen LogP contribution in [0.4, 0.5) is 0 Å². The lowest BCUT2D eigenvalue weighted by molar-refractivity contribution is 0.736. The number of nitrogens with zero attached hydrogens (tertiary/aromatic N) is 3. The van der Waals surface area contributed by atoms with Crippen LogP contribution in [0.2, 0.25) is 0 Å². The molecular weight excluding hydrogens is 186 g/mol. The Morgan fingerprint density at radius 1 is 1.13 bits per heavy atom. The van der Waals surface area contributed by atoms with Gasteiger partial charge in [-0.1, -0.05) is 0 Å². The minimum Gasteiger partial charge on any atom is -0.265 e. The zero-order valence-electron chi connectivity index (χ0n) is 8.88. The minimum absolute atomic E-state index is 0.0996. The van der Waals surface area contributed by atoms with Gasteiger partial charge >= 0.3 is 0 Å². The summed E-state index contributed by atoms with van der Waals surface area (Å²) in [5.74, 6) is -0.0996. The molecule has 0 spiro atoms. The van der Waals surface area contributed by atoms with Gasteiger partial charge in [0.05, 0.1) is 12.0 Å². The molecule has 2 rings (SSSR count). The largest absolute Gasteiger partial charge is 0.265 e. The summed E-state index contributed by atoms with van der Waals surface area (Å²) >= 11 is 0. The monoisotopic (exact) mass is 199 g/mol. The second kappa shape index (κ2) is 3.66. The molecule has 1 aromatic heterocycles. The lowest BCUT2D eigenvalue weighted by Gasteiger charge is -2.24. The van der Waals surface area contributed by atoms with Crippen molar-refractivity contribution in [3.05, 3.63) is 48.1 Å². The van der Waals surface area contributed by atoms with Crippen molar-refractivity contribution < 1.29 is 0 Å². The third-order valence-corrected chi connectivity index (χ3v) is 2.51. The van der Waals surface area contributed by atoms with E-state index >= 15 is 0 Å². The van der Waals surface area contributed by atoms with Crippen molar-refractivity contribution in [3.63, 3.8) is 0 Å². The highest BCUT2D eigenvalue weighted by atomic mass is 15.5. The molecule has 0 atom stereocenters. The van der Waals surface area contributed by atoms with Crippen LogP contribution >= 0.6 is 0 Å². The van der Waals surface area contributed by atoms with Gasteiger partial charge in [0, 0.05) is 23.8 Å². The number of rotatable bonds is 1. The van der Waals surface area contributed by atoms with Crippen LogP contribution in [0.3, 0.4) is 0 Å². The smallest absolute Gasteiger partial charge is 0.0859 e. The summed E-state index contributed by atoms with van der Waals surface area (Å²) in [6.07, 6.45) is 7.62. The van der Waals surface area contributed by atoms with E-state index in [0.717, 1.165) is 0 Å². The first-order valence-corrected chi connectivity index (χ1v) is 4.92. The Kier molecular flexibility index (Phi) is 2.34. The van der Waals surface area contributed by atoms with Gasteiger partial charge < -0.3 is 0 Å². The van der Waals surface area contributed by atoms with Crippen molar-refractivity contribution in [2.75, 3.05) is 5.01 Å². The average Bonchev–Trinajstić information content (AvgIpc) is 2.59. The first kappa shape index (κ1) is 9.60. The molecule has 76 valence electrons. The summed E-state index contributed by atoms with van der Waals surface area (Å²) in [5, 5.41) is 10.7. The van der Waals surface area contributed by atoms with Crippen LogP contribution in [0, 0.1) is 31.1 Å². The summed E-state index contributed by atoms with van der Waals surface area (Å²) in [7, 11) is 0. The minimum atomic E-state index is -0.0996. The quantitative estimate of drug-likeness (QED) is 0.694. The van der Waals surface area contributed by atoms with Gasteiger partial charge in [0.1, 0.15) is 0 Å². The fraction of sp³-hybridized carbons (Fsp3) is 0.250. The number of nitriles is 1. The van der Waals surface area contributed by atoms with Crippen molar-refractivity contribution in [1.29, 1.82) is 5.26 Å². The number of aromatic nitrogens is 1. The van der Waals surface area contributed by atoms with E-state index in [1.807, 2.05) is 29.6 Å². The first-order chi connectivity index (χ1) is 7.22. The predicted octanol–water partition coefficient (Wildman–Crippen LogP) is 2.22. The van der Waals surface area contributed by atoms with E-state index in [9.17, 15) is 0 Å². The van der Waals surface area contributed by atoms with Gasteiger partial charge in [-0.3, -0.25) is 9.69 Å². The molecule has 1 aliphatic heterocycles. The lowest BCUT2D eigenvalue weighted by Crippen LogP contribution is -2.27. The van der Waals surface area contributed by atoms with E-state index in [1.54, 1.807) is 0 Å². The maximum atomic E-state index is 8.74. The van der Waals surface area contributed by atoms with Crippen molar-refractivity contribution in [3.8, 4) is 6.07 Å². The van der Waals surface area contributed by atoms with Crippen LogP contribution in [0.5, 0.6) is 0 Å². The van der Waals surface area contributed by atoms with Gasteiger partial charge in [-0.25, -0.2) is 0 Å². The highest BCUT2D eigenvalue weighted by Gasteiger charge is 2.09. The Morgan fingerprint density at radius 2 is 1.67 bits per heavy atom. The van der Waals surface area contributed by atoms with Crippen molar-refractivity contribution >= 4 is 0 Å². The number of allylic oxidation sites excluding steroid dienone is 2. The molecule has 15 heavy (non-hydrogen) atoms. The van der Waals surface area contributed by atoms with Gasteiger partial charge in [-0.15, -0.1) is 0 Å². The maximum Gasteiger partial charge on any atom is 0.0859 e. The Bertz CT molecular complexity index is 426. The molecule has 0 radical (unpaired) electrons. The zero-order chi connectivity index (χ0) is 10.8. The molecule has 0 saturated heterocycles. The van der Waals surface area contributed by atoms with Crippen LogP contribution in [0.25, 0.3) is 0 Å². The van der Waals surface area contributed by atoms with E-state index < -0.39 is 0 Å². The number of aryl methyl sites for hydroxylation is 2. The number of hydrogen-bond donors (Lipinski definition) is 0. The SMILES string of the molecule is Cc1ccc(C)n1N1C=CC(C#N)C=C1. The van der Waals surface area contributed by atoms with Crippen molar-refractivity contribution in [2.45, 2.75) is 13.8 Å². The molecule has 1 aromatic rings. The molecule has 3 heteroatoms. The van der Waals surface area contributed by atoms with Gasteiger partial charge in [0.15, 0.2) is 0 Å². The third kappa shape index (κ3) is 1.66. The Hall–Kier alpha value is -1.95. The van der Waals surface area contributed by atoms with Crippen molar-refractivity contribution in [1.82, 2.24) is 4.68 Å². The molecule has 0 N–H and O–H groups in total. The Morgan fingerprint density at radius 3 is 2.13 bits per heavy atom. The van der Waals surface area contributed by atoms with Crippen LogP contribution in [-0.2, 0) is 0 Å². The topological polar surface area (TPSA) is 32.0 Å². The maximum absolute atomic E-state index is 8.74. The summed E-state index contributed by atoms with van der Waals surface area (Å²) in [6.45, 7) is 4.12. The summed E-state index contributed by atoms with van der Waals surface area (Å²) in [4.78, 5) is 0. The molecule has 0 bridgehead atoms. The Balaban J connectivity index is 2.29. The third-order valence-electron chi connectivity index (χ3n) is 2.51. The molecule has 0 aliphatic carbocycles. The predicted molar refractivity (Wildman–Crippen MR) is 59.5 cm³/mol. The molecule has 0 aromatic carbocycles. The average molecular weight is 199 g/mol. The van der Waals surface area contributed by atoms with Crippen LogP contribution in [0.15, 0.2) is 36.7 Å². The number of hydrogen-bond acceptors (Lipinski definition) is 2. The molecule has 2 heterocycles. The second-order valence-corrected chi connectivity index (χ2v) is 3.65. The molecule has 0 fully saturated rings. The van der Waals surface area contributed by atoms with E-state index in [4.69, 9.17) is 5.26 Å². The molecular formula is C12H13N3. The Labute approximate surface area is 89.5 Å². The second-order valence-electron chi connectivity index (χ2n) is 3.65. The molecule has 0 saturated carbocycles. The molecule has 0 amide bonds. The van der Waals surface area contributed by atoms with Crippen LogP contribution < -0.4 is 5.01 Å².